The van der Waals surface area contributed by atoms with Gasteiger partial charge in [-0.1, -0.05) is 49.7 Å². The van der Waals surface area contributed by atoms with E-state index < -0.39 is 0 Å². The number of hydrogen-bond donors (Lipinski definition) is 0. The maximum absolute atomic E-state index is 2.39. The second-order valence-corrected chi connectivity index (χ2v) is 7.68. The largest absolute Gasteiger partial charge is 0.343 e. The molecule has 0 spiro atoms. The van der Waals surface area contributed by atoms with Gasteiger partial charge in [0.15, 0.2) is 0 Å². The average Bonchev–Trinajstić information content (AvgIpc) is 3.11. The van der Waals surface area contributed by atoms with Crippen LogP contribution in [0.1, 0.15) is 18.9 Å². The lowest BCUT2D eigenvalue weighted by Gasteiger charge is -2.02. The highest BCUT2D eigenvalue weighted by atomic mass is 32.1. The molecule has 0 radical (unpaired) electrons. The summed E-state index contributed by atoms with van der Waals surface area (Å²) in [6.07, 6.45) is 2.36. The van der Waals surface area contributed by atoms with Crippen molar-refractivity contribution in [2.45, 2.75) is 19.8 Å². The van der Waals surface area contributed by atoms with Crippen LogP contribution in [0.3, 0.4) is 0 Å². The summed E-state index contributed by atoms with van der Waals surface area (Å²) in [6, 6.07) is 20.3. The molecule has 0 saturated carbocycles. The van der Waals surface area contributed by atoms with E-state index in [9.17, 15) is 0 Å². The molecule has 1 nitrogen and oxygen atoms in total. The molecule has 2 aromatic heterocycles. The number of hydrogen-bond acceptors (Lipinski definition) is 1. The van der Waals surface area contributed by atoms with Crippen molar-refractivity contribution in [1.29, 1.82) is 0 Å². The summed E-state index contributed by atoms with van der Waals surface area (Å²) in [7, 11) is 2.19. The third kappa shape index (κ3) is 1.81. The van der Waals surface area contributed by atoms with Gasteiger partial charge in [-0.3, -0.25) is 0 Å². The van der Waals surface area contributed by atoms with Crippen LogP contribution in [0.15, 0.2) is 54.6 Å². The molecule has 0 saturated heterocycles. The number of aromatic nitrogens is 1. The lowest BCUT2D eigenvalue weighted by Crippen LogP contribution is -1.87. The molecule has 24 heavy (non-hydrogen) atoms. The first-order valence-electron chi connectivity index (χ1n) is 8.59. The SMILES string of the molecule is CCCc1ccc2c(c1)sc1ccc3c4ccccc4n(C)c3c12. The van der Waals surface area contributed by atoms with Crippen molar-refractivity contribution in [2.75, 3.05) is 0 Å². The van der Waals surface area contributed by atoms with E-state index in [1.165, 1.54) is 54.0 Å². The lowest BCUT2D eigenvalue weighted by molar-refractivity contribution is 0.924. The van der Waals surface area contributed by atoms with Crippen molar-refractivity contribution >= 4 is 53.3 Å². The van der Waals surface area contributed by atoms with Crippen molar-refractivity contribution in [2.24, 2.45) is 7.05 Å². The second-order valence-electron chi connectivity index (χ2n) is 6.59. The van der Waals surface area contributed by atoms with Crippen molar-refractivity contribution in [3.8, 4) is 0 Å². The summed E-state index contributed by atoms with van der Waals surface area (Å²) in [5, 5.41) is 5.51. The van der Waals surface area contributed by atoms with Gasteiger partial charge in [-0.2, -0.15) is 0 Å². The molecule has 0 bridgehead atoms. The van der Waals surface area contributed by atoms with Crippen LogP contribution in [0, 0.1) is 0 Å². The smallest absolute Gasteiger partial charge is 0.0583 e. The molecule has 5 aromatic rings. The normalized spacial score (nSPS) is 12.1. The van der Waals surface area contributed by atoms with Gasteiger partial charge in [0.2, 0.25) is 0 Å². The Morgan fingerprint density at radius 2 is 1.71 bits per heavy atom. The summed E-state index contributed by atoms with van der Waals surface area (Å²) >= 11 is 1.92. The minimum absolute atomic E-state index is 1.16. The third-order valence-corrected chi connectivity index (χ3v) is 6.22. The maximum atomic E-state index is 2.39. The molecule has 2 heterocycles. The Kier molecular flexibility index (Phi) is 2.98. The van der Waals surface area contributed by atoms with Gasteiger partial charge < -0.3 is 4.57 Å². The topological polar surface area (TPSA) is 4.93 Å². The monoisotopic (exact) mass is 329 g/mol. The Morgan fingerprint density at radius 3 is 2.58 bits per heavy atom. The Labute approximate surface area is 145 Å². The fourth-order valence-corrected chi connectivity index (χ4v) is 5.19. The predicted molar refractivity (Wildman–Crippen MR) is 107 cm³/mol. The van der Waals surface area contributed by atoms with Crippen LogP contribution >= 0.6 is 11.3 Å². The number of nitrogens with zero attached hydrogens (tertiary/aromatic N) is 1. The first-order valence-corrected chi connectivity index (χ1v) is 9.41. The Hall–Kier alpha value is -2.32. The number of thiophene rings is 1. The molecule has 5 rings (SSSR count). The summed E-state index contributed by atoms with van der Waals surface area (Å²) < 4.78 is 5.16. The van der Waals surface area contributed by atoms with Crippen molar-refractivity contribution in [3.05, 3.63) is 60.2 Å². The highest BCUT2D eigenvalue weighted by molar-refractivity contribution is 7.26. The molecule has 0 amide bonds. The Bertz CT molecular complexity index is 1220. The molecule has 0 aliphatic heterocycles. The lowest BCUT2D eigenvalue weighted by atomic mass is 10.0. The number of aryl methyl sites for hydroxylation is 2. The van der Waals surface area contributed by atoms with E-state index in [2.05, 4.69) is 73.1 Å². The summed E-state index contributed by atoms with van der Waals surface area (Å²) in [6.45, 7) is 2.24. The average molecular weight is 329 g/mol. The zero-order valence-corrected chi connectivity index (χ0v) is 14.8. The van der Waals surface area contributed by atoms with E-state index in [1.54, 1.807) is 0 Å². The minimum atomic E-state index is 1.16. The quantitative estimate of drug-likeness (QED) is 0.341. The van der Waals surface area contributed by atoms with Gasteiger partial charge in [0.1, 0.15) is 0 Å². The van der Waals surface area contributed by atoms with Gasteiger partial charge in [0, 0.05) is 43.5 Å². The fourth-order valence-electron chi connectivity index (χ4n) is 4.02. The second kappa shape index (κ2) is 5.09. The van der Waals surface area contributed by atoms with E-state index in [4.69, 9.17) is 0 Å². The van der Waals surface area contributed by atoms with Gasteiger partial charge in [0.05, 0.1) is 5.52 Å². The fraction of sp³-hybridized carbons (Fsp3) is 0.182. The summed E-state index contributed by atoms with van der Waals surface area (Å²) in [5.41, 5.74) is 4.12. The molecule has 0 aliphatic carbocycles. The third-order valence-electron chi connectivity index (χ3n) is 5.10. The van der Waals surface area contributed by atoms with Crippen molar-refractivity contribution in [3.63, 3.8) is 0 Å². The minimum Gasteiger partial charge on any atom is -0.343 e. The van der Waals surface area contributed by atoms with Crippen LogP contribution < -0.4 is 0 Å². The Morgan fingerprint density at radius 1 is 0.875 bits per heavy atom. The molecule has 3 aromatic carbocycles. The molecule has 0 unspecified atom stereocenters. The summed E-state index contributed by atoms with van der Waals surface area (Å²) in [5.74, 6) is 0. The van der Waals surface area contributed by atoms with Gasteiger partial charge in [0.25, 0.3) is 0 Å². The van der Waals surface area contributed by atoms with Gasteiger partial charge in [-0.15, -0.1) is 11.3 Å². The van der Waals surface area contributed by atoms with Gasteiger partial charge >= 0.3 is 0 Å². The highest BCUT2D eigenvalue weighted by Gasteiger charge is 2.15. The van der Waals surface area contributed by atoms with Crippen molar-refractivity contribution in [1.82, 2.24) is 4.57 Å². The number of para-hydroxylation sites is 1. The standard InChI is InChI=1S/C22H19NS/c1-3-6-14-9-10-17-20(13-14)24-19-12-11-16-15-7-4-5-8-18(15)23(2)22(16)21(17)19/h4-5,7-13H,3,6H2,1-2H3. The summed E-state index contributed by atoms with van der Waals surface area (Å²) in [4.78, 5) is 0. The predicted octanol–water partition coefficient (Wildman–Crippen LogP) is 6.65. The van der Waals surface area contributed by atoms with Crippen molar-refractivity contribution < 1.29 is 0 Å². The number of fused-ring (bicyclic) bond motifs is 7. The van der Waals surface area contributed by atoms with E-state index in [1.807, 2.05) is 11.3 Å². The molecule has 0 aliphatic rings. The first-order chi connectivity index (χ1) is 11.8. The molecule has 2 heteroatoms. The van der Waals surface area contributed by atoms with E-state index >= 15 is 0 Å². The molecule has 118 valence electrons. The zero-order chi connectivity index (χ0) is 16.3. The molecular weight excluding hydrogens is 310 g/mol. The van der Waals surface area contributed by atoms with Crippen LogP contribution in [0.2, 0.25) is 0 Å². The van der Waals surface area contributed by atoms with Crippen LogP contribution in [0.5, 0.6) is 0 Å². The van der Waals surface area contributed by atoms with Crippen LogP contribution in [0.25, 0.3) is 42.0 Å². The number of rotatable bonds is 2. The van der Waals surface area contributed by atoms with E-state index in [0.29, 0.717) is 0 Å². The maximum Gasteiger partial charge on any atom is 0.0583 e. The first kappa shape index (κ1) is 14.1. The molecule has 0 N–H and O–H groups in total. The van der Waals surface area contributed by atoms with E-state index in [0.717, 1.165) is 6.42 Å². The highest BCUT2D eigenvalue weighted by Crippen LogP contribution is 2.41. The van der Waals surface area contributed by atoms with E-state index in [-0.39, 0.29) is 0 Å². The number of benzene rings is 3. The van der Waals surface area contributed by atoms with Crippen LogP contribution in [0.4, 0.5) is 0 Å². The van der Waals surface area contributed by atoms with Crippen LogP contribution in [-0.4, -0.2) is 4.57 Å². The zero-order valence-electron chi connectivity index (χ0n) is 14.0. The van der Waals surface area contributed by atoms with Gasteiger partial charge in [-0.05, 0) is 30.2 Å². The molecule has 0 fully saturated rings. The van der Waals surface area contributed by atoms with Gasteiger partial charge in [-0.25, -0.2) is 0 Å². The molecular formula is C22H19NS. The molecule has 0 atom stereocenters. The van der Waals surface area contributed by atoms with Crippen LogP contribution in [-0.2, 0) is 13.5 Å². The Balaban J connectivity index is 1.97.